The number of carboxylic acid groups (broad SMARTS) is 2. The standard InChI is InChI=1S/C11H14N2O4/c12-7-1-3-8(4-2-7)13-9(11(16)17)5-6-10(14)15/h1-4,9,13H,5-6,12H2,(H,14,15)(H,16,17). The maximum Gasteiger partial charge on any atom is 0.326 e. The molecule has 0 radical (unpaired) electrons. The van der Waals surface area contributed by atoms with Gasteiger partial charge in [0.2, 0.25) is 0 Å². The van der Waals surface area contributed by atoms with E-state index < -0.39 is 18.0 Å². The highest BCUT2D eigenvalue weighted by Crippen LogP contribution is 2.13. The first-order chi connectivity index (χ1) is 7.99. The summed E-state index contributed by atoms with van der Waals surface area (Å²) in [6, 6.07) is 5.64. The molecular weight excluding hydrogens is 224 g/mol. The van der Waals surface area contributed by atoms with Crippen molar-refractivity contribution in [2.24, 2.45) is 0 Å². The van der Waals surface area contributed by atoms with E-state index in [1.807, 2.05) is 0 Å². The van der Waals surface area contributed by atoms with Crippen LogP contribution in [0.1, 0.15) is 12.8 Å². The highest BCUT2D eigenvalue weighted by atomic mass is 16.4. The molecule has 0 fully saturated rings. The summed E-state index contributed by atoms with van der Waals surface area (Å²) in [4.78, 5) is 21.3. The van der Waals surface area contributed by atoms with E-state index in [0.717, 1.165) is 0 Å². The summed E-state index contributed by atoms with van der Waals surface area (Å²) in [7, 11) is 0. The summed E-state index contributed by atoms with van der Waals surface area (Å²) in [5.41, 5.74) is 6.67. The van der Waals surface area contributed by atoms with Gasteiger partial charge in [0.05, 0.1) is 0 Å². The lowest BCUT2D eigenvalue weighted by atomic mass is 10.1. The number of hydrogen-bond donors (Lipinski definition) is 4. The number of carbonyl (C=O) groups is 2. The molecule has 1 aromatic rings. The van der Waals surface area contributed by atoms with Crippen molar-refractivity contribution in [3.8, 4) is 0 Å². The molecule has 0 aromatic heterocycles. The Morgan fingerprint density at radius 2 is 1.82 bits per heavy atom. The normalized spacial score (nSPS) is 11.8. The lowest BCUT2D eigenvalue weighted by molar-refractivity contribution is -0.139. The third kappa shape index (κ3) is 4.42. The van der Waals surface area contributed by atoms with E-state index in [-0.39, 0.29) is 12.8 Å². The Kier molecular flexibility index (Phi) is 4.33. The second kappa shape index (κ2) is 5.74. The Bertz CT molecular complexity index is 402. The molecule has 5 N–H and O–H groups in total. The zero-order chi connectivity index (χ0) is 12.8. The molecule has 0 amide bonds. The molecule has 6 nitrogen and oxygen atoms in total. The molecular formula is C11H14N2O4. The molecule has 0 aliphatic heterocycles. The Balaban J connectivity index is 2.63. The first kappa shape index (κ1) is 12.8. The number of aliphatic carboxylic acids is 2. The van der Waals surface area contributed by atoms with Crippen LogP contribution in [0, 0.1) is 0 Å². The molecule has 1 unspecified atom stereocenters. The highest BCUT2D eigenvalue weighted by molar-refractivity contribution is 5.78. The van der Waals surface area contributed by atoms with Crippen LogP contribution >= 0.6 is 0 Å². The zero-order valence-electron chi connectivity index (χ0n) is 9.09. The number of rotatable bonds is 6. The van der Waals surface area contributed by atoms with Gasteiger partial charge in [0.15, 0.2) is 0 Å². The van der Waals surface area contributed by atoms with Crippen LogP contribution in [-0.2, 0) is 9.59 Å². The van der Waals surface area contributed by atoms with Gasteiger partial charge in [-0.25, -0.2) is 4.79 Å². The Hall–Kier alpha value is -2.24. The Labute approximate surface area is 98.1 Å². The van der Waals surface area contributed by atoms with Gasteiger partial charge in [0, 0.05) is 17.8 Å². The molecule has 0 aliphatic rings. The molecule has 0 spiro atoms. The van der Waals surface area contributed by atoms with Crippen LogP contribution in [0.3, 0.4) is 0 Å². The monoisotopic (exact) mass is 238 g/mol. The molecule has 1 aromatic carbocycles. The summed E-state index contributed by atoms with van der Waals surface area (Å²) in [5.74, 6) is -2.10. The average Bonchev–Trinajstić information content (AvgIpc) is 2.26. The van der Waals surface area contributed by atoms with Crippen molar-refractivity contribution in [2.75, 3.05) is 11.1 Å². The number of anilines is 2. The lowest BCUT2D eigenvalue weighted by Gasteiger charge is -2.14. The maximum absolute atomic E-state index is 10.9. The van der Waals surface area contributed by atoms with Crippen molar-refractivity contribution in [2.45, 2.75) is 18.9 Å². The van der Waals surface area contributed by atoms with Crippen molar-refractivity contribution in [1.82, 2.24) is 0 Å². The molecule has 0 saturated heterocycles. The van der Waals surface area contributed by atoms with E-state index in [9.17, 15) is 9.59 Å². The number of nitrogen functional groups attached to an aromatic ring is 1. The minimum Gasteiger partial charge on any atom is -0.481 e. The van der Waals surface area contributed by atoms with E-state index in [0.29, 0.717) is 11.4 Å². The molecule has 0 aliphatic carbocycles. The number of nitrogens with one attached hydrogen (secondary N) is 1. The second-order valence-corrected chi connectivity index (χ2v) is 3.59. The summed E-state index contributed by atoms with van der Waals surface area (Å²) in [6.07, 6.45) is -0.173. The Morgan fingerprint density at radius 1 is 1.24 bits per heavy atom. The first-order valence-corrected chi connectivity index (χ1v) is 5.05. The van der Waals surface area contributed by atoms with Crippen LogP contribution in [-0.4, -0.2) is 28.2 Å². The van der Waals surface area contributed by atoms with Crippen LogP contribution in [0.5, 0.6) is 0 Å². The van der Waals surface area contributed by atoms with Crippen molar-refractivity contribution in [3.63, 3.8) is 0 Å². The van der Waals surface area contributed by atoms with Gasteiger partial charge in [0.25, 0.3) is 0 Å². The molecule has 0 bridgehead atoms. The van der Waals surface area contributed by atoms with E-state index in [1.165, 1.54) is 0 Å². The number of carboxylic acids is 2. The third-order valence-electron chi connectivity index (χ3n) is 2.20. The Morgan fingerprint density at radius 3 is 2.29 bits per heavy atom. The van der Waals surface area contributed by atoms with Crippen LogP contribution in [0.2, 0.25) is 0 Å². The quantitative estimate of drug-likeness (QED) is 0.550. The smallest absolute Gasteiger partial charge is 0.326 e. The van der Waals surface area contributed by atoms with Crippen molar-refractivity contribution in [1.29, 1.82) is 0 Å². The first-order valence-electron chi connectivity index (χ1n) is 5.05. The van der Waals surface area contributed by atoms with Gasteiger partial charge in [-0.3, -0.25) is 4.79 Å². The van der Waals surface area contributed by atoms with E-state index in [2.05, 4.69) is 5.32 Å². The predicted molar refractivity (Wildman–Crippen MR) is 62.8 cm³/mol. The van der Waals surface area contributed by atoms with Gasteiger partial charge in [-0.15, -0.1) is 0 Å². The molecule has 6 heteroatoms. The minimum atomic E-state index is -1.08. The fourth-order valence-corrected chi connectivity index (χ4v) is 1.31. The number of nitrogens with two attached hydrogens (primary N) is 1. The van der Waals surface area contributed by atoms with Gasteiger partial charge in [0.1, 0.15) is 6.04 Å². The largest absolute Gasteiger partial charge is 0.481 e. The molecule has 0 saturated carbocycles. The molecule has 0 heterocycles. The van der Waals surface area contributed by atoms with Gasteiger partial charge >= 0.3 is 11.9 Å². The fourth-order valence-electron chi connectivity index (χ4n) is 1.31. The summed E-state index contributed by atoms with van der Waals surface area (Å²) in [6.45, 7) is 0. The van der Waals surface area contributed by atoms with Crippen molar-refractivity contribution < 1.29 is 19.8 Å². The van der Waals surface area contributed by atoms with E-state index in [4.69, 9.17) is 15.9 Å². The molecule has 1 atom stereocenters. The highest BCUT2D eigenvalue weighted by Gasteiger charge is 2.18. The molecule has 92 valence electrons. The summed E-state index contributed by atoms with van der Waals surface area (Å²) < 4.78 is 0. The van der Waals surface area contributed by atoms with Gasteiger partial charge in [-0.05, 0) is 30.7 Å². The minimum absolute atomic E-state index is 0.0229. The van der Waals surface area contributed by atoms with Crippen LogP contribution in [0.4, 0.5) is 11.4 Å². The van der Waals surface area contributed by atoms with Crippen LogP contribution in [0.15, 0.2) is 24.3 Å². The number of benzene rings is 1. The third-order valence-corrected chi connectivity index (χ3v) is 2.20. The summed E-state index contributed by atoms with van der Waals surface area (Å²) >= 11 is 0. The fraction of sp³-hybridized carbons (Fsp3) is 0.273. The van der Waals surface area contributed by atoms with Crippen LogP contribution < -0.4 is 11.1 Å². The second-order valence-electron chi connectivity index (χ2n) is 3.59. The van der Waals surface area contributed by atoms with E-state index >= 15 is 0 Å². The summed E-state index contributed by atoms with van der Waals surface area (Å²) in [5, 5.41) is 20.2. The van der Waals surface area contributed by atoms with Gasteiger partial charge in [-0.1, -0.05) is 0 Å². The topological polar surface area (TPSA) is 113 Å². The van der Waals surface area contributed by atoms with Crippen molar-refractivity contribution >= 4 is 23.3 Å². The van der Waals surface area contributed by atoms with E-state index in [1.54, 1.807) is 24.3 Å². The zero-order valence-corrected chi connectivity index (χ0v) is 9.09. The molecule has 17 heavy (non-hydrogen) atoms. The van der Waals surface area contributed by atoms with Gasteiger partial charge in [-0.2, -0.15) is 0 Å². The average molecular weight is 238 g/mol. The van der Waals surface area contributed by atoms with Gasteiger partial charge < -0.3 is 21.3 Å². The SMILES string of the molecule is Nc1ccc(NC(CCC(=O)O)C(=O)O)cc1. The van der Waals surface area contributed by atoms with Crippen LogP contribution in [0.25, 0.3) is 0 Å². The maximum atomic E-state index is 10.9. The lowest BCUT2D eigenvalue weighted by Crippen LogP contribution is -2.29. The predicted octanol–water partition coefficient (Wildman–Crippen LogP) is 0.999. The molecule has 1 rings (SSSR count). The number of hydrogen-bond acceptors (Lipinski definition) is 4. The van der Waals surface area contributed by atoms with Crippen molar-refractivity contribution in [3.05, 3.63) is 24.3 Å².